The number of nitrogens with two attached hydrogens (primary N) is 1. The highest BCUT2D eigenvalue weighted by atomic mass is 16.1. The van der Waals surface area contributed by atoms with E-state index in [0.717, 1.165) is 46.6 Å². The summed E-state index contributed by atoms with van der Waals surface area (Å²) in [5.41, 5.74) is 13.9. The largest absolute Gasteiger partial charge is 0.383 e. The van der Waals surface area contributed by atoms with Crippen LogP contribution in [0.25, 0.3) is 34.1 Å². The molecule has 10 heteroatoms. The van der Waals surface area contributed by atoms with Gasteiger partial charge in [0, 0.05) is 41.2 Å². The van der Waals surface area contributed by atoms with Crippen LogP contribution in [0, 0.1) is 13.8 Å². The van der Waals surface area contributed by atoms with Crippen molar-refractivity contribution in [1.82, 2.24) is 39.6 Å². The van der Waals surface area contributed by atoms with Gasteiger partial charge in [0.25, 0.3) is 5.91 Å². The Bertz CT molecular complexity index is 1920. The van der Waals surface area contributed by atoms with Gasteiger partial charge < -0.3 is 11.1 Å². The van der Waals surface area contributed by atoms with Gasteiger partial charge in [0.05, 0.1) is 11.6 Å². The van der Waals surface area contributed by atoms with E-state index in [4.69, 9.17) is 15.7 Å². The molecule has 0 aliphatic heterocycles. The van der Waals surface area contributed by atoms with Crippen molar-refractivity contribution in [2.24, 2.45) is 0 Å². The summed E-state index contributed by atoms with van der Waals surface area (Å²) in [6.07, 6.45) is 6.90. The molecule has 5 heterocycles. The molecule has 1 aliphatic rings. The molecule has 0 saturated heterocycles. The number of pyridine rings is 3. The Hall–Kier alpha value is -5.38. The molecule has 6 aromatic rings. The fraction of sp³-hybridized carbons (Fsp3) is 0.161. The van der Waals surface area contributed by atoms with E-state index < -0.39 is 0 Å². The zero-order chi connectivity index (χ0) is 28.1. The standard InChI is InChI=1S/C31H27N9O/c1-18-15-21(16-19(2)35-18)31(41)37-25-9-6-20-17-22(7-8-23(20)25)40-29(24-5-3-12-33-28(24)32)36-26-10-11-27(38-30(26)40)39-14-4-13-34-39/h3-5,7-8,10-17,25H,6,9H2,1-2H3,(H2,32,33)(H,37,41)/t25-/m0/s1. The second-order valence-electron chi connectivity index (χ2n) is 10.3. The van der Waals surface area contributed by atoms with Crippen LogP contribution in [-0.2, 0) is 6.42 Å². The normalized spacial score (nSPS) is 14.3. The summed E-state index contributed by atoms with van der Waals surface area (Å²) in [4.78, 5) is 31.6. The Morgan fingerprint density at radius 3 is 2.61 bits per heavy atom. The van der Waals surface area contributed by atoms with E-state index in [2.05, 4.69) is 32.5 Å². The number of aromatic nitrogens is 7. The average Bonchev–Trinajstić information content (AvgIpc) is 3.71. The second kappa shape index (κ2) is 9.67. The van der Waals surface area contributed by atoms with E-state index in [0.29, 0.717) is 28.7 Å². The Kier molecular flexibility index (Phi) is 5.81. The van der Waals surface area contributed by atoms with Crippen LogP contribution in [-0.4, -0.2) is 40.2 Å². The van der Waals surface area contributed by atoms with Gasteiger partial charge in [-0.25, -0.2) is 19.6 Å². The number of nitrogens with zero attached hydrogens (tertiary/aromatic N) is 7. The van der Waals surface area contributed by atoms with Crippen LogP contribution in [0.1, 0.15) is 45.3 Å². The number of anilines is 1. The average molecular weight is 542 g/mol. The van der Waals surface area contributed by atoms with Crippen LogP contribution >= 0.6 is 0 Å². The molecule has 0 radical (unpaired) electrons. The summed E-state index contributed by atoms with van der Waals surface area (Å²) in [5.74, 6) is 1.63. The molecule has 41 heavy (non-hydrogen) atoms. The van der Waals surface area contributed by atoms with E-state index in [-0.39, 0.29) is 11.9 Å². The maximum atomic E-state index is 13.1. The number of amides is 1. The lowest BCUT2D eigenvalue weighted by atomic mass is 10.1. The maximum absolute atomic E-state index is 13.1. The molecule has 0 unspecified atom stereocenters. The predicted molar refractivity (Wildman–Crippen MR) is 156 cm³/mol. The van der Waals surface area contributed by atoms with Gasteiger partial charge in [-0.15, -0.1) is 0 Å². The maximum Gasteiger partial charge on any atom is 0.251 e. The minimum atomic E-state index is -0.0918. The lowest BCUT2D eigenvalue weighted by Crippen LogP contribution is -2.27. The van der Waals surface area contributed by atoms with Crippen molar-refractivity contribution >= 4 is 22.9 Å². The van der Waals surface area contributed by atoms with E-state index in [1.165, 1.54) is 5.56 Å². The molecular formula is C31H27N9O. The Morgan fingerprint density at radius 2 is 1.83 bits per heavy atom. The molecule has 7 rings (SSSR count). The van der Waals surface area contributed by atoms with Crippen molar-refractivity contribution in [3.63, 3.8) is 0 Å². The molecule has 1 amide bonds. The summed E-state index contributed by atoms with van der Waals surface area (Å²) in [6, 6.07) is 19.3. The number of hydrogen-bond donors (Lipinski definition) is 2. The molecule has 0 saturated carbocycles. The molecule has 10 nitrogen and oxygen atoms in total. The van der Waals surface area contributed by atoms with Gasteiger partial charge in [0.2, 0.25) is 0 Å². The van der Waals surface area contributed by atoms with Gasteiger partial charge in [0.15, 0.2) is 17.3 Å². The Labute approximate surface area is 235 Å². The number of hydrogen-bond acceptors (Lipinski definition) is 7. The SMILES string of the molecule is Cc1cc(C(=O)N[C@H]2CCc3cc(-n4c(-c5cccnc5N)nc5ccc(-n6cccn6)nc54)ccc32)cc(C)n1. The van der Waals surface area contributed by atoms with Crippen LogP contribution in [0.3, 0.4) is 0 Å². The quantitative estimate of drug-likeness (QED) is 0.324. The van der Waals surface area contributed by atoms with E-state index in [9.17, 15) is 4.79 Å². The highest BCUT2D eigenvalue weighted by Crippen LogP contribution is 2.36. The van der Waals surface area contributed by atoms with E-state index in [1.807, 2.05) is 73.1 Å². The first kappa shape index (κ1) is 24.6. The molecule has 1 aromatic carbocycles. The summed E-state index contributed by atoms with van der Waals surface area (Å²) in [5, 5.41) is 7.57. The van der Waals surface area contributed by atoms with Crippen molar-refractivity contribution in [3.05, 3.63) is 107 Å². The number of carbonyl (C=O) groups is 1. The first-order valence-corrected chi connectivity index (χ1v) is 13.4. The van der Waals surface area contributed by atoms with Gasteiger partial charge in [-0.05, 0) is 92.4 Å². The number of fused-ring (bicyclic) bond motifs is 2. The first-order valence-electron chi connectivity index (χ1n) is 13.4. The van der Waals surface area contributed by atoms with Crippen LogP contribution < -0.4 is 11.1 Å². The van der Waals surface area contributed by atoms with Gasteiger partial charge in [-0.2, -0.15) is 5.10 Å². The molecule has 1 aliphatic carbocycles. The summed E-state index contributed by atoms with van der Waals surface area (Å²) < 4.78 is 3.74. The van der Waals surface area contributed by atoms with E-state index in [1.54, 1.807) is 17.1 Å². The fourth-order valence-electron chi connectivity index (χ4n) is 5.61. The number of carbonyl (C=O) groups excluding carboxylic acids is 1. The number of aryl methyl sites for hydroxylation is 3. The number of imidazole rings is 1. The van der Waals surface area contributed by atoms with Gasteiger partial charge >= 0.3 is 0 Å². The molecule has 202 valence electrons. The summed E-state index contributed by atoms with van der Waals surface area (Å²) in [6.45, 7) is 3.80. The highest BCUT2D eigenvalue weighted by molar-refractivity contribution is 5.94. The first-order chi connectivity index (χ1) is 19.9. The topological polar surface area (TPSA) is 129 Å². The van der Waals surface area contributed by atoms with Crippen LogP contribution in [0.5, 0.6) is 0 Å². The van der Waals surface area contributed by atoms with Crippen LogP contribution in [0.2, 0.25) is 0 Å². The minimum absolute atomic E-state index is 0.0714. The zero-order valence-electron chi connectivity index (χ0n) is 22.6. The highest BCUT2D eigenvalue weighted by Gasteiger charge is 2.26. The van der Waals surface area contributed by atoms with Gasteiger partial charge in [-0.1, -0.05) is 6.07 Å². The minimum Gasteiger partial charge on any atom is -0.383 e. The third kappa shape index (κ3) is 4.39. The number of rotatable bonds is 5. The molecule has 0 bridgehead atoms. The van der Waals surface area contributed by atoms with Crippen molar-refractivity contribution in [2.45, 2.75) is 32.7 Å². The monoisotopic (exact) mass is 541 g/mol. The Balaban J connectivity index is 1.30. The molecule has 1 atom stereocenters. The van der Waals surface area contributed by atoms with Crippen molar-refractivity contribution in [2.75, 3.05) is 5.73 Å². The summed E-state index contributed by atoms with van der Waals surface area (Å²) >= 11 is 0. The van der Waals surface area contributed by atoms with Crippen LogP contribution in [0.15, 0.2) is 79.3 Å². The number of benzene rings is 1. The summed E-state index contributed by atoms with van der Waals surface area (Å²) in [7, 11) is 0. The predicted octanol–water partition coefficient (Wildman–Crippen LogP) is 4.68. The number of nitrogens with one attached hydrogen (secondary N) is 1. The lowest BCUT2D eigenvalue weighted by Gasteiger charge is -2.16. The zero-order valence-corrected chi connectivity index (χ0v) is 22.6. The molecule has 3 N–H and O–H groups in total. The third-order valence-electron chi connectivity index (χ3n) is 7.42. The van der Waals surface area contributed by atoms with Crippen LogP contribution in [0.4, 0.5) is 5.82 Å². The molecule has 0 spiro atoms. The van der Waals surface area contributed by atoms with Crippen molar-refractivity contribution in [1.29, 1.82) is 0 Å². The van der Waals surface area contributed by atoms with Gasteiger partial charge in [0.1, 0.15) is 11.3 Å². The smallest absolute Gasteiger partial charge is 0.251 e. The molecule has 0 fully saturated rings. The molecule has 5 aromatic heterocycles. The van der Waals surface area contributed by atoms with Gasteiger partial charge in [-0.3, -0.25) is 14.3 Å². The third-order valence-corrected chi connectivity index (χ3v) is 7.42. The van der Waals surface area contributed by atoms with E-state index >= 15 is 0 Å². The fourth-order valence-corrected chi connectivity index (χ4v) is 5.61. The second-order valence-corrected chi connectivity index (χ2v) is 10.3. The number of nitrogen functional groups attached to an aromatic ring is 1. The van der Waals surface area contributed by atoms with Crippen molar-refractivity contribution in [3.8, 4) is 22.9 Å². The lowest BCUT2D eigenvalue weighted by molar-refractivity contribution is 0.0936. The Morgan fingerprint density at radius 1 is 0.976 bits per heavy atom. The van der Waals surface area contributed by atoms with Crippen molar-refractivity contribution < 1.29 is 4.79 Å². The molecular weight excluding hydrogens is 514 g/mol.